The quantitative estimate of drug-likeness (QED) is 0.678. The molecule has 3 aromatic rings. The van der Waals surface area contributed by atoms with Gasteiger partial charge in [-0.1, -0.05) is 12.1 Å². The molecule has 25 heavy (non-hydrogen) atoms. The van der Waals surface area contributed by atoms with Crippen LogP contribution in [-0.4, -0.2) is 16.2 Å². The second-order valence-electron chi connectivity index (χ2n) is 5.28. The Morgan fingerprint density at radius 3 is 2.56 bits per heavy atom. The molecule has 0 spiro atoms. The summed E-state index contributed by atoms with van der Waals surface area (Å²) in [7, 11) is 0. The van der Waals surface area contributed by atoms with E-state index in [1.807, 2.05) is 12.3 Å². The number of nitrogens with one attached hydrogen (secondary N) is 1. The third kappa shape index (κ3) is 3.76. The van der Waals surface area contributed by atoms with Gasteiger partial charge in [-0.25, -0.2) is 4.98 Å². The zero-order valence-electron chi connectivity index (χ0n) is 13.1. The number of nitrogens with zero attached hydrogens (tertiary/aromatic N) is 1. The second kappa shape index (κ2) is 6.76. The van der Waals surface area contributed by atoms with E-state index < -0.39 is 11.7 Å². The van der Waals surface area contributed by atoms with Crippen LogP contribution >= 0.6 is 11.8 Å². The Hall–Kier alpha value is -2.54. The van der Waals surface area contributed by atoms with Crippen LogP contribution in [0.2, 0.25) is 0 Å². The normalized spacial score (nSPS) is 11.5. The maximum absolute atomic E-state index is 13.0. The number of rotatable bonds is 3. The number of hydrogen-bond acceptors (Lipinski definition) is 3. The number of thioether (sulfide) groups is 1. The Kier molecular flexibility index (Phi) is 4.67. The molecule has 0 aliphatic heterocycles. The lowest BCUT2D eigenvalue weighted by molar-refractivity contribution is -0.137. The van der Waals surface area contributed by atoms with Crippen LogP contribution in [0.25, 0.3) is 22.4 Å². The van der Waals surface area contributed by atoms with Gasteiger partial charge in [0, 0.05) is 17.8 Å². The molecule has 3 rings (SSSR count). The number of hydrogen-bond donors (Lipinski definition) is 1. The van der Waals surface area contributed by atoms with Crippen molar-refractivity contribution >= 4 is 11.8 Å². The first-order valence-corrected chi connectivity index (χ1v) is 8.52. The predicted molar refractivity (Wildman–Crippen MR) is 92.5 cm³/mol. The summed E-state index contributed by atoms with van der Waals surface area (Å²) in [6, 6.07) is 11.4. The number of pyridine rings is 2. The standard InChI is InChI=1S/C18H13F3N2OS/c1-25-16-10-11(7-8-22-16)14-5-6-15(24)23-17(14)12-3-2-4-13(9-12)18(19,20)21/h2-10H,1H3,(H,23,24). The largest absolute Gasteiger partial charge is 0.416 e. The summed E-state index contributed by atoms with van der Waals surface area (Å²) in [5.41, 5.74) is 0.900. The van der Waals surface area contributed by atoms with Crippen LogP contribution in [0.15, 0.2) is 64.5 Å². The molecule has 0 saturated heterocycles. The molecule has 0 bridgehead atoms. The zero-order chi connectivity index (χ0) is 18.0. The molecule has 128 valence electrons. The van der Waals surface area contributed by atoms with Gasteiger partial charge in [-0.2, -0.15) is 13.2 Å². The highest BCUT2D eigenvalue weighted by atomic mass is 32.2. The average Bonchev–Trinajstić information content (AvgIpc) is 2.61. The molecule has 0 radical (unpaired) electrons. The van der Waals surface area contributed by atoms with E-state index in [1.54, 1.807) is 24.4 Å². The van der Waals surface area contributed by atoms with Crippen LogP contribution < -0.4 is 5.56 Å². The summed E-state index contributed by atoms with van der Waals surface area (Å²) in [4.78, 5) is 18.6. The minimum absolute atomic E-state index is 0.296. The van der Waals surface area contributed by atoms with Crippen LogP contribution in [-0.2, 0) is 6.18 Å². The molecular formula is C18H13F3N2OS. The van der Waals surface area contributed by atoms with E-state index in [1.165, 1.54) is 23.9 Å². The average molecular weight is 362 g/mol. The van der Waals surface area contributed by atoms with E-state index in [9.17, 15) is 18.0 Å². The number of aromatic amines is 1. The van der Waals surface area contributed by atoms with E-state index >= 15 is 0 Å². The van der Waals surface area contributed by atoms with Gasteiger partial charge in [-0.3, -0.25) is 4.79 Å². The van der Waals surface area contributed by atoms with Crippen LogP contribution in [0.1, 0.15) is 5.56 Å². The number of benzene rings is 1. The van der Waals surface area contributed by atoms with Gasteiger partial charge in [-0.15, -0.1) is 11.8 Å². The minimum Gasteiger partial charge on any atom is -0.321 e. The Bertz CT molecular complexity index is 967. The first-order valence-electron chi connectivity index (χ1n) is 7.30. The summed E-state index contributed by atoms with van der Waals surface area (Å²) in [5.74, 6) is 0. The van der Waals surface area contributed by atoms with Crippen LogP contribution in [0, 0.1) is 0 Å². The van der Waals surface area contributed by atoms with Crippen molar-refractivity contribution in [2.45, 2.75) is 11.2 Å². The molecule has 2 heterocycles. The SMILES string of the molecule is CSc1cc(-c2ccc(=O)[nH]c2-c2cccc(C(F)(F)F)c2)ccn1. The number of alkyl halides is 3. The highest BCUT2D eigenvalue weighted by Crippen LogP contribution is 2.35. The van der Waals surface area contributed by atoms with Gasteiger partial charge in [0.1, 0.15) is 0 Å². The smallest absolute Gasteiger partial charge is 0.321 e. The topological polar surface area (TPSA) is 45.8 Å². The summed E-state index contributed by atoms with van der Waals surface area (Å²) >= 11 is 1.46. The van der Waals surface area contributed by atoms with E-state index in [0.717, 1.165) is 22.7 Å². The fourth-order valence-corrected chi connectivity index (χ4v) is 2.89. The maximum Gasteiger partial charge on any atom is 0.416 e. The lowest BCUT2D eigenvalue weighted by Gasteiger charge is -2.12. The molecule has 1 aromatic carbocycles. The molecule has 0 unspecified atom stereocenters. The summed E-state index contributed by atoms with van der Waals surface area (Å²) in [5, 5.41) is 0.777. The highest BCUT2D eigenvalue weighted by molar-refractivity contribution is 7.98. The van der Waals surface area contributed by atoms with Crippen LogP contribution in [0.4, 0.5) is 13.2 Å². The van der Waals surface area contributed by atoms with E-state index in [0.29, 0.717) is 16.8 Å². The highest BCUT2D eigenvalue weighted by Gasteiger charge is 2.30. The van der Waals surface area contributed by atoms with Crippen molar-refractivity contribution in [1.29, 1.82) is 0 Å². The van der Waals surface area contributed by atoms with Crippen LogP contribution in [0.3, 0.4) is 0 Å². The number of aromatic nitrogens is 2. The van der Waals surface area contributed by atoms with Gasteiger partial charge in [-0.05, 0) is 47.7 Å². The Balaban J connectivity index is 2.20. The lowest BCUT2D eigenvalue weighted by atomic mass is 9.99. The molecule has 0 amide bonds. The van der Waals surface area contributed by atoms with Crippen molar-refractivity contribution in [3.05, 3.63) is 70.6 Å². The van der Waals surface area contributed by atoms with Gasteiger partial charge in [0.15, 0.2) is 0 Å². The van der Waals surface area contributed by atoms with Crippen molar-refractivity contribution in [1.82, 2.24) is 9.97 Å². The van der Waals surface area contributed by atoms with Crippen LogP contribution in [0.5, 0.6) is 0 Å². The van der Waals surface area contributed by atoms with Gasteiger partial charge < -0.3 is 4.98 Å². The first-order chi connectivity index (χ1) is 11.9. The van der Waals surface area contributed by atoms with Crippen molar-refractivity contribution < 1.29 is 13.2 Å². The molecule has 0 aliphatic rings. The van der Waals surface area contributed by atoms with Gasteiger partial charge in [0.05, 0.1) is 16.3 Å². The fourth-order valence-electron chi connectivity index (χ4n) is 2.48. The molecule has 7 heteroatoms. The molecule has 3 nitrogen and oxygen atoms in total. The van der Waals surface area contributed by atoms with E-state index in [4.69, 9.17) is 0 Å². The Morgan fingerprint density at radius 2 is 1.84 bits per heavy atom. The summed E-state index contributed by atoms with van der Waals surface area (Å²) in [6.07, 6.45) is -0.942. The van der Waals surface area contributed by atoms with Gasteiger partial charge >= 0.3 is 6.18 Å². The molecule has 0 atom stereocenters. The second-order valence-corrected chi connectivity index (χ2v) is 6.10. The minimum atomic E-state index is -4.45. The molecule has 0 saturated carbocycles. The summed E-state index contributed by atoms with van der Waals surface area (Å²) in [6.45, 7) is 0. The van der Waals surface area contributed by atoms with E-state index in [-0.39, 0.29) is 5.56 Å². The molecular weight excluding hydrogens is 349 g/mol. The lowest BCUT2D eigenvalue weighted by Crippen LogP contribution is -2.08. The predicted octanol–water partition coefficient (Wildman–Crippen LogP) is 4.84. The molecule has 0 aliphatic carbocycles. The van der Waals surface area contributed by atoms with Gasteiger partial charge in [0.25, 0.3) is 0 Å². The summed E-state index contributed by atoms with van der Waals surface area (Å²) < 4.78 is 39.0. The molecule has 1 N–H and O–H groups in total. The third-order valence-electron chi connectivity index (χ3n) is 3.65. The molecule has 2 aromatic heterocycles. The van der Waals surface area contributed by atoms with Crippen molar-refractivity contribution in [3.63, 3.8) is 0 Å². The monoisotopic (exact) mass is 362 g/mol. The van der Waals surface area contributed by atoms with Crippen molar-refractivity contribution in [2.24, 2.45) is 0 Å². The molecule has 0 fully saturated rings. The van der Waals surface area contributed by atoms with Crippen molar-refractivity contribution in [2.75, 3.05) is 6.26 Å². The number of H-pyrrole nitrogens is 1. The zero-order valence-corrected chi connectivity index (χ0v) is 13.9. The number of halogens is 3. The Morgan fingerprint density at radius 1 is 1.04 bits per heavy atom. The van der Waals surface area contributed by atoms with E-state index in [2.05, 4.69) is 9.97 Å². The van der Waals surface area contributed by atoms with Gasteiger partial charge in [0.2, 0.25) is 5.56 Å². The third-order valence-corrected chi connectivity index (χ3v) is 4.29. The maximum atomic E-state index is 13.0. The fraction of sp³-hybridized carbons (Fsp3) is 0.111. The Labute approximate surface area is 145 Å². The van der Waals surface area contributed by atoms with Crippen molar-refractivity contribution in [3.8, 4) is 22.4 Å². The first kappa shape index (κ1) is 17.3.